The standard InChI is InChI=1S/C13H23N3O2/c1-5-7-15(9-10-18-4)13(17)11(2)16-8-6-14-12(16)3/h6,8,11H,5,7,9-10H2,1-4H3. The van der Waals surface area contributed by atoms with E-state index in [4.69, 9.17) is 4.74 Å². The van der Waals surface area contributed by atoms with Crippen molar-refractivity contribution in [1.82, 2.24) is 14.5 Å². The van der Waals surface area contributed by atoms with Gasteiger partial charge in [0.15, 0.2) is 0 Å². The van der Waals surface area contributed by atoms with E-state index in [9.17, 15) is 4.79 Å². The molecule has 0 spiro atoms. The molecule has 1 rings (SSSR count). The fourth-order valence-corrected chi connectivity index (χ4v) is 1.98. The number of nitrogens with zero attached hydrogens (tertiary/aromatic N) is 3. The van der Waals surface area contributed by atoms with E-state index in [1.807, 2.05) is 29.5 Å². The maximum absolute atomic E-state index is 12.4. The van der Waals surface area contributed by atoms with Crippen LogP contribution in [0, 0.1) is 6.92 Å². The second kappa shape index (κ2) is 7.16. The minimum Gasteiger partial charge on any atom is -0.383 e. The van der Waals surface area contributed by atoms with Crippen LogP contribution < -0.4 is 0 Å². The van der Waals surface area contributed by atoms with E-state index in [-0.39, 0.29) is 11.9 Å². The zero-order valence-electron chi connectivity index (χ0n) is 11.7. The third kappa shape index (κ3) is 3.57. The summed E-state index contributed by atoms with van der Waals surface area (Å²) in [5.41, 5.74) is 0. The molecule has 0 radical (unpaired) electrons. The van der Waals surface area contributed by atoms with Crippen molar-refractivity contribution >= 4 is 5.91 Å². The van der Waals surface area contributed by atoms with Crippen LogP contribution >= 0.6 is 0 Å². The molecule has 0 aliphatic heterocycles. The van der Waals surface area contributed by atoms with Crippen LogP contribution in [0.4, 0.5) is 0 Å². The molecule has 1 aromatic heterocycles. The Balaban J connectivity index is 2.72. The van der Waals surface area contributed by atoms with E-state index in [1.54, 1.807) is 13.3 Å². The van der Waals surface area contributed by atoms with Crippen molar-refractivity contribution in [2.24, 2.45) is 0 Å². The largest absolute Gasteiger partial charge is 0.383 e. The van der Waals surface area contributed by atoms with Gasteiger partial charge in [0.1, 0.15) is 11.9 Å². The van der Waals surface area contributed by atoms with Crippen molar-refractivity contribution in [3.63, 3.8) is 0 Å². The normalized spacial score (nSPS) is 12.4. The number of carbonyl (C=O) groups is 1. The van der Waals surface area contributed by atoms with Crippen LogP contribution in [-0.2, 0) is 9.53 Å². The van der Waals surface area contributed by atoms with Crippen LogP contribution in [0.5, 0.6) is 0 Å². The second-order valence-electron chi connectivity index (χ2n) is 4.38. The molecule has 0 aliphatic rings. The molecule has 5 heteroatoms. The molecule has 0 fully saturated rings. The van der Waals surface area contributed by atoms with Crippen LogP contribution in [0.25, 0.3) is 0 Å². The molecule has 0 aliphatic carbocycles. The number of aryl methyl sites for hydroxylation is 1. The minimum atomic E-state index is -0.212. The quantitative estimate of drug-likeness (QED) is 0.742. The Labute approximate surface area is 109 Å². The first-order valence-electron chi connectivity index (χ1n) is 6.39. The Morgan fingerprint density at radius 3 is 2.78 bits per heavy atom. The van der Waals surface area contributed by atoms with Gasteiger partial charge in [0.2, 0.25) is 5.91 Å². The summed E-state index contributed by atoms with van der Waals surface area (Å²) in [6, 6.07) is -0.212. The predicted molar refractivity (Wildman–Crippen MR) is 70.4 cm³/mol. The van der Waals surface area contributed by atoms with Gasteiger partial charge in [-0.05, 0) is 20.3 Å². The topological polar surface area (TPSA) is 47.4 Å². The molecule has 1 aromatic rings. The Bertz CT molecular complexity index is 376. The number of imidazole rings is 1. The molecule has 1 amide bonds. The zero-order valence-corrected chi connectivity index (χ0v) is 11.7. The zero-order chi connectivity index (χ0) is 13.5. The van der Waals surface area contributed by atoms with Gasteiger partial charge in [-0.15, -0.1) is 0 Å². The summed E-state index contributed by atoms with van der Waals surface area (Å²) in [6.45, 7) is 7.86. The summed E-state index contributed by atoms with van der Waals surface area (Å²) in [7, 11) is 1.65. The molecule has 0 bridgehead atoms. The summed E-state index contributed by atoms with van der Waals surface area (Å²) < 4.78 is 6.95. The van der Waals surface area contributed by atoms with E-state index >= 15 is 0 Å². The molecular weight excluding hydrogens is 230 g/mol. The fourth-order valence-electron chi connectivity index (χ4n) is 1.98. The number of amides is 1. The molecule has 0 saturated carbocycles. The predicted octanol–water partition coefficient (Wildman–Crippen LogP) is 1.64. The van der Waals surface area contributed by atoms with E-state index in [1.165, 1.54) is 0 Å². The van der Waals surface area contributed by atoms with Crippen LogP contribution in [0.15, 0.2) is 12.4 Å². The maximum Gasteiger partial charge on any atom is 0.245 e. The van der Waals surface area contributed by atoms with Crippen molar-refractivity contribution < 1.29 is 9.53 Å². The van der Waals surface area contributed by atoms with Gasteiger partial charge in [-0.2, -0.15) is 0 Å². The lowest BCUT2D eigenvalue weighted by Crippen LogP contribution is -2.39. The third-order valence-electron chi connectivity index (χ3n) is 3.01. The highest BCUT2D eigenvalue weighted by molar-refractivity contribution is 5.80. The van der Waals surface area contributed by atoms with Gasteiger partial charge in [-0.25, -0.2) is 4.98 Å². The number of methoxy groups -OCH3 is 1. The highest BCUT2D eigenvalue weighted by Crippen LogP contribution is 2.12. The summed E-state index contributed by atoms with van der Waals surface area (Å²) in [4.78, 5) is 18.4. The molecule has 1 unspecified atom stereocenters. The molecular formula is C13H23N3O2. The van der Waals surface area contributed by atoms with Crippen LogP contribution in [-0.4, -0.2) is 47.2 Å². The van der Waals surface area contributed by atoms with Crippen molar-refractivity contribution in [1.29, 1.82) is 0 Å². The van der Waals surface area contributed by atoms with Crippen molar-refractivity contribution in [2.75, 3.05) is 26.8 Å². The molecule has 1 atom stereocenters. The van der Waals surface area contributed by atoms with E-state index < -0.39 is 0 Å². The van der Waals surface area contributed by atoms with Gasteiger partial charge in [0.05, 0.1) is 6.61 Å². The summed E-state index contributed by atoms with van der Waals surface area (Å²) in [6.07, 6.45) is 4.52. The Morgan fingerprint density at radius 1 is 1.56 bits per heavy atom. The van der Waals surface area contributed by atoms with Gasteiger partial charge >= 0.3 is 0 Å². The average molecular weight is 253 g/mol. The highest BCUT2D eigenvalue weighted by Gasteiger charge is 2.21. The van der Waals surface area contributed by atoms with Gasteiger partial charge in [0.25, 0.3) is 0 Å². The summed E-state index contributed by atoms with van der Waals surface area (Å²) in [5.74, 6) is 0.981. The number of aromatic nitrogens is 2. The molecule has 0 N–H and O–H groups in total. The smallest absolute Gasteiger partial charge is 0.245 e. The Morgan fingerprint density at radius 2 is 2.28 bits per heavy atom. The van der Waals surface area contributed by atoms with Crippen LogP contribution in [0.3, 0.4) is 0 Å². The second-order valence-corrected chi connectivity index (χ2v) is 4.38. The lowest BCUT2D eigenvalue weighted by Gasteiger charge is -2.26. The first-order chi connectivity index (χ1) is 8.61. The van der Waals surface area contributed by atoms with E-state index in [0.29, 0.717) is 13.2 Å². The lowest BCUT2D eigenvalue weighted by atomic mass is 10.2. The number of rotatable bonds is 7. The maximum atomic E-state index is 12.4. The van der Waals surface area contributed by atoms with E-state index in [2.05, 4.69) is 11.9 Å². The minimum absolute atomic E-state index is 0.120. The molecule has 18 heavy (non-hydrogen) atoms. The number of hydrogen-bond donors (Lipinski definition) is 0. The molecule has 102 valence electrons. The summed E-state index contributed by atoms with van der Waals surface area (Å²) >= 11 is 0. The highest BCUT2D eigenvalue weighted by atomic mass is 16.5. The Hall–Kier alpha value is -1.36. The van der Waals surface area contributed by atoms with Crippen molar-refractivity contribution in [2.45, 2.75) is 33.2 Å². The Kier molecular flexibility index (Phi) is 5.85. The lowest BCUT2D eigenvalue weighted by molar-refractivity contribution is -0.135. The van der Waals surface area contributed by atoms with Crippen LogP contribution in [0.2, 0.25) is 0 Å². The third-order valence-corrected chi connectivity index (χ3v) is 3.01. The number of hydrogen-bond acceptors (Lipinski definition) is 3. The first kappa shape index (κ1) is 14.7. The van der Waals surface area contributed by atoms with Gasteiger partial charge in [0, 0.05) is 32.6 Å². The molecule has 0 aromatic carbocycles. The average Bonchev–Trinajstić information content (AvgIpc) is 2.79. The molecule has 0 saturated heterocycles. The number of carbonyl (C=O) groups excluding carboxylic acids is 1. The van der Waals surface area contributed by atoms with Crippen molar-refractivity contribution in [3.8, 4) is 0 Å². The first-order valence-corrected chi connectivity index (χ1v) is 6.39. The molecule has 1 heterocycles. The van der Waals surface area contributed by atoms with Gasteiger partial charge in [-0.1, -0.05) is 6.92 Å². The molecule has 5 nitrogen and oxygen atoms in total. The SMILES string of the molecule is CCCN(CCOC)C(=O)C(C)n1ccnc1C. The monoisotopic (exact) mass is 253 g/mol. The van der Waals surface area contributed by atoms with Gasteiger partial charge < -0.3 is 14.2 Å². The van der Waals surface area contributed by atoms with Crippen LogP contribution in [0.1, 0.15) is 32.1 Å². The summed E-state index contributed by atoms with van der Waals surface area (Å²) in [5, 5.41) is 0. The van der Waals surface area contributed by atoms with Gasteiger partial charge in [-0.3, -0.25) is 4.79 Å². The van der Waals surface area contributed by atoms with Crippen molar-refractivity contribution in [3.05, 3.63) is 18.2 Å². The van der Waals surface area contributed by atoms with E-state index in [0.717, 1.165) is 18.8 Å². The number of ether oxygens (including phenoxy) is 1. The fraction of sp³-hybridized carbons (Fsp3) is 0.692.